The van der Waals surface area contributed by atoms with E-state index in [4.69, 9.17) is 22.9 Å². The predicted octanol–water partition coefficient (Wildman–Crippen LogP) is 2.71. The molecule has 0 spiro atoms. The Morgan fingerprint density at radius 1 is 1.33 bits per heavy atom. The van der Waals surface area contributed by atoms with Crippen molar-refractivity contribution in [1.82, 2.24) is 14.3 Å². The Bertz CT molecular complexity index is 1210. The molecule has 0 aromatic carbocycles. The molecule has 2 aliphatic heterocycles. The number of hydrogen-bond acceptors (Lipinski definition) is 7. The first-order chi connectivity index (χ1) is 15.8. The number of amides is 2. The van der Waals surface area contributed by atoms with E-state index < -0.39 is 0 Å². The molecule has 0 bridgehead atoms. The van der Waals surface area contributed by atoms with E-state index in [1.54, 1.807) is 23.2 Å². The number of nitrogens with zero attached hydrogens (tertiary/aromatic N) is 4. The summed E-state index contributed by atoms with van der Waals surface area (Å²) in [5.41, 5.74) is 7.05. The lowest BCUT2D eigenvalue weighted by atomic mass is 9.96. The molecular formula is C23H27N5O3S2. The highest BCUT2D eigenvalue weighted by atomic mass is 32.2. The average Bonchev–Trinajstić information content (AvgIpc) is 3.06. The molecule has 4 rings (SSSR count). The van der Waals surface area contributed by atoms with Gasteiger partial charge in [0.2, 0.25) is 5.91 Å². The van der Waals surface area contributed by atoms with Crippen LogP contribution < -0.4 is 16.2 Å². The first-order valence-electron chi connectivity index (χ1n) is 11.1. The number of hydrogen-bond donors (Lipinski definition) is 1. The fraction of sp³-hybridized carbons (Fsp3) is 0.435. The molecular weight excluding hydrogens is 458 g/mol. The first-order valence-corrected chi connectivity index (χ1v) is 12.4. The van der Waals surface area contributed by atoms with Gasteiger partial charge in [-0.2, -0.15) is 0 Å². The van der Waals surface area contributed by atoms with Crippen LogP contribution in [0, 0.1) is 12.8 Å². The van der Waals surface area contributed by atoms with Crippen LogP contribution in [0.5, 0.6) is 0 Å². The lowest BCUT2D eigenvalue weighted by Crippen LogP contribution is -2.40. The van der Waals surface area contributed by atoms with Crippen LogP contribution in [0.3, 0.4) is 0 Å². The molecule has 33 heavy (non-hydrogen) atoms. The lowest BCUT2D eigenvalue weighted by Gasteiger charge is -2.32. The van der Waals surface area contributed by atoms with Gasteiger partial charge in [-0.15, -0.1) is 0 Å². The van der Waals surface area contributed by atoms with Gasteiger partial charge in [0.05, 0.1) is 10.5 Å². The normalized spacial score (nSPS) is 18.7. The van der Waals surface area contributed by atoms with Crippen molar-refractivity contribution in [2.24, 2.45) is 11.7 Å². The van der Waals surface area contributed by atoms with E-state index in [2.05, 4.69) is 6.92 Å². The molecule has 0 radical (unpaired) electrons. The van der Waals surface area contributed by atoms with E-state index in [0.29, 0.717) is 58.7 Å². The van der Waals surface area contributed by atoms with Gasteiger partial charge in [0.1, 0.15) is 15.8 Å². The third kappa shape index (κ3) is 4.54. The van der Waals surface area contributed by atoms with Crippen LogP contribution in [-0.4, -0.2) is 50.1 Å². The van der Waals surface area contributed by atoms with Crippen molar-refractivity contribution in [3.63, 3.8) is 0 Å². The summed E-state index contributed by atoms with van der Waals surface area (Å²) in [4.78, 5) is 47.1. The van der Waals surface area contributed by atoms with Crippen molar-refractivity contribution in [3.05, 3.63) is 44.7 Å². The van der Waals surface area contributed by atoms with Crippen LogP contribution in [0.4, 0.5) is 5.82 Å². The molecule has 2 aromatic rings. The molecule has 0 atom stereocenters. The van der Waals surface area contributed by atoms with E-state index in [1.165, 1.54) is 16.2 Å². The highest BCUT2D eigenvalue weighted by Crippen LogP contribution is 2.34. The van der Waals surface area contributed by atoms with Gasteiger partial charge < -0.3 is 10.6 Å². The van der Waals surface area contributed by atoms with E-state index in [1.807, 2.05) is 17.9 Å². The van der Waals surface area contributed by atoms with Crippen LogP contribution in [0.2, 0.25) is 0 Å². The van der Waals surface area contributed by atoms with E-state index >= 15 is 0 Å². The second-order valence-electron chi connectivity index (χ2n) is 8.39. The molecule has 174 valence electrons. The minimum Gasteiger partial charge on any atom is -0.369 e. The molecule has 2 N–H and O–H groups in total. The van der Waals surface area contributed by atoms with Crippen molar-refractivity contribution in [1.29, 1.82) is 0 Å². The highest BCUT2D eigenvalue weighted by molar-refractivity contribution is 8.26. The Hall–Kier alpha value is -2.72. The van der Waals surface area contributed by atoms with Crippen molar-refractivity contribution in [2.45, 2.75) is 39.5 Å². The van der Waals surface area contributed by atoms with E-state index in [-0.39, 0.29) is 23.3 Å². The van der Waals surface area contributed by atoms with Gasteiger partial charge >= 0.3 is 0 Å². The Balaban J connectivity index is 1.79. The summed E-state index contributed by atoms with van der Waals surface area (Å²) in [6.07, 6.45) is 6.33. The number of carbonyl (C=O) groups is 2. The predicted molar refractivity (Wildman–Crippen MR) is 135 cm³/mol. The van der Waals surface area contributed by atoms with Gasteiger partial charge in [-0.05, 0) is 43.9 Å². The number of nitrogens with two attached hydrogens (primary N) is 1. The second kappa shape index (κ2) is 9.64. The molecule has 0 unspecified atom stereocenters. The van der Waals surface area contributed by atoms with Crippen molar-refractivity contribution >= 4 is 57.7 Å². The maximum atomic E-state index is 13.6. The summed E-state index contributed by atoms with van der Waals surface area (Å²) in [5, 5.41) is 0. The number of aromatic nitrogens is 2. The number of thioether (sulfide) groups is 1. The third-order valence-corrected chi connectivity index (χ3v) is 7.52. The molecule has 2 aromatic heterocycles. The van der Waals surface area contributed by atoms with Crippen LogP contribution >= 0.6 is 24.0 Å². The standard InChI is InChI=1S/C23H27N5O3S2/c1-3-4-9-28-22(31)17(33-23(28)32)13-16-20(26-11-7-15(8-12-26)18(24)29)25-19-14(2)6-5-10-27(19)21(16)30/h5-6,10,13,15H,3-4,7-9,11-12H2,1-2H3,(H2,24,29)/b17-13+. The summed E-state index contributed by atoms with van der Waals surface area (Å²) in [6.45, 7) is 5.65. The number of rotatable bonds is 6. The van der Waals surface area contributed by atoms with Gasteiger partial charge in [-0.25, -0.2) is 4.98 Å². The second-order valence-corrected chi connectivity index (χ2v) is 10.1. The molecule has 2 aliphatic rings. The fourth-order valence-corrected chi connectivity index (χ4v) is 5.47. The molecule has 0 aliphatic carbocycles. The largest absolute Gasteiger partial charge is 0.369 e. The van der Waals surface area contributed by atoms with Gasteiger partial charge in [0.25, 0.3) is 11.5 Å². The van der Waals surface area contributed by atoms with Crippen LogP contribution in [0.25, 0.3) is 11.7 Å². The van der Waals surface area contributed by atoms with Gasteiger partial charge in [-0.3, -0.25) is 23.7 Å². The average molecular weight is 486 g/mol. The van der Waals surface area contributed by atoms with Crippen LogP contribution in [0.1, 0.15) is 43.7 Å². The van der Waals surface area contributed by atoms with Crippen molar-refractivity contribution in [3.8, 4) is 0 Å². The van der Waals surface area contributed by atoms with E-state index in [0.717, 1.165) is 18.4 Å². The first kappa shape index (κ1) is 23.4. The minimum absolute atomic E-state index is 0.175. The van der Waals surface area contributed by atoms with Crippen LogP contribution in [0.15, 0.2) is 28.0 Å². The number of piperidine rings is 1. The fourth-order valence-electron chi connectivity index (χ4n) is 4.18. The molecule has 4 heterocycles. The summed E-state index contributed by atoms with van der Waals surface area (Å²) < 4.78 is 2.02. The number of thiocarbonyl (C=S) groups is 1. The zero-order valence-corrected chi connectivity index (χ0v) is 20.4. The quantitative estimate of drug-likeness (QED) is 0.496. The summed E-state index contributed by atoms with van der Waals surface area (Å²) >= 11 is 6.64. The Labute approximate surface area is 201 Å². The van der Waals surface area contributed by atoms with Crippen molar-refractivity contribution in [2.75, 3.05) is 24.5 Å². The topological polar surface area (TPSA) is 101 Å². The maximum Gasteiger partial charge on any atom is 0.267 e. The van der Waals surface area contributed by atoms with Gasteiger partial charge in [0, 0.05) is 31.7 Å². The zero-order valence-electron chi connectivity index (χ0n) is 18.7. The number of pyridine rings is 1. The number of anilines is 1. The Morgan fingerprint density at radius 3 is 2.73 bits per heavy atom. The maximum absolute atomic E-state index is 13.6. The Morgan fingerprint density at radius 2 is 2.06 bits per heavy atom. The molecule has 10 heteroatoms. The molecule has 2 fully saturated rings. The van der Waals surface area contributed by atoms with E-state index in [9.17, 15) is 14.4 Å². The number of fused-ring (bicyclic) bond motifs is 1. The number of aryl methyl sites for hydroxylation is 1. The Kier molecular flexibility index (Phi) is 6.85. The smallest absolute Gasteiger partial charge is 0.267 e. The molecule has 0 saturated carbocycles. The lowest BCUT2D eigenvalue weighted by molar-refractivity contribution is -0.123. The summed E-state index contributed by atoms with van der Waals surface area (Å²) in [7, 11) is 0. The van der Waals surface area contributed by atoms with Crippen LogP contribution in [-0.2, 0) is 9.59 Å². The molecule has 2 saturated heterocycles. The minimum atomic E-state index is -0.298. The number of carbonyl (C=O) groups excluding carboxylic acids is 2. The molecule has 8 nitrogen and oxygen atoms in total. The highest BCUT2D eigenvalue weighted by Gasteiger charge is 2.33. The summed E-state index contributed by atoms with van der Waals surface area (Å²) in [5.74, 6) is -0.127. The third-order valence-electron chi connectivity index (χ3n) is 6.15. The van der Waals surface area contributed by atoms with Gasteiger partial charge in [0.15, 0.2) is 0 Å². The monoisotopic (exact) mass is 485 g/mol. The number of primary amides is 1. The van der Waals surface area contributed by atoms with Crippen molar-refractivity contribution < 1.29 is 9.59 Å². The SMILES string of the molecule is CCCCN1C(=O)/C(=C\c2c(N3CCC(C(N)=O)CC3)nc3c(C)cccn3c2=O)SC1=S. The number of unbranched alkanes of at least 4 members (excludes halogenated alkanes) is 1. The summed E-state index contributed by atoms with van der Waals surface area (Å²) in [6, 6.07) is 3.71. The molecule has 2 amide bonds. The zero-order chi connectivity index (χ0) is 23.7. The van der Waals surface area contributed by atoms with Gasteiger partial charge in [-0.1, -0.05) is 43.4 Å².